The summed E-state index contributed by atoms with van der Waals surface area (Å²) in [7, 11) is -9.23. The minimum Gasteiger partial charge on any atom is -0.395 e. The molecule has 0 aliphatic carbocycles. The van der Waals surface area contributed by atoms with Crippen LogP contribution in [0.4, 0.5) is 0 Å². The average molecular weight is 252 g/mol. The quantitative estimate of drug-likeness (QED) is 0.771. The van der Waals surface area contributed by atoms with Crippen LogP contribution in [0.2, 0.25) is 0 Å². The Labute approximate surface area is 84.5 Å². The van der Waals surface area contributed by atoms with Crippen LogP contribution >= 0.6 is 15.6 Å². The Hall–Kier alpha value is -0.840. The van der Waals surface area contributed by atoms with Crippen molar-refractivity contribution in [3.8, 4) is 11.5 Å². The van der Waals surface area contributed by atoms with Crippen molar-refractivity contribution >= 4 is 15.6 Å². The molecule has 0 aromatic heterocycles. The second kappa shape index (κ2) is 3.33. The molecule has 0 spiro atoms. The van der Waals surface area contributed by atoms with Crippen LogP contribution in [-0.2, 0) is 13.4 Å². The van der Waals surface area contributed by atoms with Crippen molar-refractivity contribution in [3.05, 3.63) is 24.3 Å². The lowest BCUT2D eigenvalue weighted by Crippen LogP contribution is -2.00. The van der Waals surface area contributed by atoms with Crippen molar-refractivity contribution in [1.29, 1.82) is 0 Å². The van der Waals surface area contributed by atoms with E-state index in [1.54, 1.807) is 0 Å². The summed E-state index contributed by atoms with van der Waals surface area (Å²) in [5.41, 5.74) is 0. The van der Waals surface area contributed by atoms with E-state index >= 15 is 0 Å². The molecule has 2 aliphatic heterocycles. The summed E-state index contributed by atoms with van der Waals surface area (Å²) in [4.78, 5) is 17.0. The first-order chi connectivity index (χ1) is 6.86. The fourth-order valence-corrected chi connectivity index (χ4v) is 3.11. The molecule has 0 unspecified atom stereocenters. The van der Waals surface area contributed by atoms with Gasteiger partial charge in [0.2, 0.25) is 0 Å². The van der Waals surface area contributed by atoms with Crippen LogP contribution in [0.5, 0.6) is 11.5 Å². The Morgan fingerprint density at radius 2 is 1.53 bits per heavy atom. The van der Waals surface area contributed by atoms with Gasteiger partial charge in [-0.25, -0.2) is 9.13 Å². The van der Waals surface area contributed by atoms with E-state index in [9.17, 15) is 9.13 Å². The summed E-state index contributed by atoms with van der Waals surface area (Å²) in [6, 6.07) is 5.77. The van der Waals surface area contributed by atoms with Crippen LogP contribution in [0.15, 0.2) is 24.3 Å². The van der Waals surface area contributed by atoms with Crippen LogP contribution in [0.25, 0.3) is 0 Å². The van der Waals surface area contributed by atoms with E-state index < -0.39 is 15.6 Å². The smallest absolute Gasteiger partial charge is 0.395 e. The lowest BCUT2D eigenvalue weighted by molar-refractivity contribution is 0.236. The van der Waals surface area contributed by atoms with Crippen molar-refractivity contribution < 1.29 is 32.3 Å². The zero-order chi connectivity index (χ0) is 11.1. The summed E-state index contributed by atoms with van der Waals surface area (Å²) in [5.74, 6) is 0.293. The Morgan fingerprint density at radius 1 is 1.13 bits per heavy atom. The highest BCUT2D eigenvalue weighted by Gasteiger charge is 2.40. The second-order valence-electron chi connectivity index (χ2n) is 2.67. The SMILES string of the molecule is O=P(O)(O)OP1(=O)Oc2ccc(cc2)O1. The molecule has 0 saturated heterocycles. The Balaban J connectivity index is 2.31. The zero-order valence-electron chi connectivity index (χ0n) is 7.14. The van der Waals surface area contributed by atoms with E-state index in [2.05, 4.69) is 4.31 Å². The molecule has 2 heterocycles. The van der Waals surface area contributed by atoms with Gasteiger partial charge in [-0.2, -0.15) is 4.31 Å². The Bertz CT molecular complexity index is 432. The number of hydrogen-bond acceptors (Lipinski definition) is 5. The van der Waals surface area contributed by atoms with Crippen LogP contribution in [0, 0.1) is 0 Å². The summed E-state index contributed by atoms with van der Waals surface area (Å²) in [6.45, 7) is 0. The maximum Gasteiger partial charge on any atom is 0.596 e. The van der Waals surface area contributed by atoms with Gasteiger partial charge < -0.3 is 18.8 Å². The van der Waals surface area contributed by atoms with Crippen LogP contribution in [0.3, 0.4) is 0 Å². The third-order valence-electron chi connectivity index (χ3n) is 1.46. The van der Waals surface area contributed by atoms with Crippen molar-refractivity contribution in [2.75, 3.05) is 0 Å². The van der Waals surface area contributed by atoms with Gasteiger partial charge in [-0.1, -0.05) is 0 Å². The molecule has 1 aromatic carbocycles. The fraction of sp³-hybridized carbons (Fsp3) is 0. The molecule has 0 radical (unpaired) electrons. The van der Waals surface area contributed by atoms with Gasteiger partial charge in [0.25, 0.3) is 0 Å². The average Bonchev–Trinajstić information content (AvgIpc) is 2.26. The first kappa shape index (κ1) is 10.7. The normalized spacial score (nSPS) is 17.7. The van der Waals surface area contributed by atoms with Crippen molar-refractivity contribution in [2.24, 2.45) is 0 Å². The largest absolute Gasteiger partial charge is 0.596 e. The summed E-state index contributed by atoms with van der Waals surface area (Å²) in [5, 5.41) is 0. The van der Waals surface area contributed by atoms with E-state index in [1.165, 1.54) is 24.3 Å². The number of phosphoric acid groups is 2. The van der Waals surface area contributed by atoms with Gasteiger partial charge in [0.15, 0.2) is 0 Å². The molecule has 2 bridgehead atoms. The van der Waals surface area contributed by atoms with Crippen LogP contribution in [-0.4, -0.2) is 9.79 Å². The molecule has 9 heteroatoms. The molecule has 0 saturated carbocycles. The fourth-order valence-electron chi connectivity index (χ4n) is 1.00. The molecule has 7 nitrogen and oxygen atoms in total. The van der Waals surface area contributed by atoms with Crippen LogP contribution in [0.1, 0.15) is 0 Å². The van der Waals surface area contributed by atoms with Crippen molar-refractivity contribution in [1.82, 2.24) is 0 Å². The molecule has 2 N–H and O–H groups in total. The maximum atomic E-state index is 11.6. The molecule has 1 aromatic rings. The van der Waals surface area contributed by atoms with Gasteiger partial charge in [-0.3, -0.25) is 0 Å². The highest BCUT2D eigenvalue weighted by Crippen LogP contribution is 2.61. The monoisotopic (exact) mass is 252 g/mol. The lowest BCUT2D eigenvalue weighted by atomic mass is 10.3. The van der Waals surface area contributed by atoms with E-state index in [0.717, 1.165) is 0 Å². The van der Waals surface area contributed by atoms with E-state index in [0.29, 0.717) is 0 Å². The molecular weight excluding hydrogens is 246 g/mol. The highest BCUT2D eigenvalue weighted by molar-refractivity contribution is 7.61. The molecule has 0 fully saturated rings. The minimum absolute atomic E-state index is 0.146. The molecule has 0 atom stereocenters. The summed E-state index contributed by atoms with van der Waals surface area (Å²) >= 11 is 0. The summed E-state index contributed by atoms with van der Waals surface area (Å²) in [6.07, 6.45) is 0. The number of rotatable bonds is 2. The van der Waals surface area contributed by atoms with Gasteiger partial charge >= 0.3 is 15.6 Å². The van der Waals surface area contributed by atoms with Gasteiger partial charge in [-0.05, 0) is 24.3 Å². The van der Waals surface area contributed by atoms with Gasteiger partial charge in [0.1, 0.15) is 11.5 Å². The standard InChI is InChI=1S/C6H6O7P2/c7-14(8,9)13-15(10)11-5-1-2-6(12-15)4-3-5/h1-4H,(H2,7,8,9). The maximum absolute atomic E-state index is 11.6. The molecule has 2 aliphatic rings. The number of phosphoric ester groups is 1. The molecule has 15 heavy (non-hydrogen) atoms. The predicted octanol–water partition coefficient (Wildman–Crippen LogP) is 1.68. The van der Waals surface area contributed by atoms with Gasteiger partial charge in [0.05, 0.1) is 0 Å². The van der Waals surface area contributed by atoms with Crippen molar-refractivity contribution in [3.63, 3.8) is 0 Å². The van der Waals surface area contributed by atoms with E-state index in [4.69, 9.17) is 18.8 Å². The Morgan fingerprint density at radius 3 is 1.87 bits per heavy atom. The first-order valence-corrected chi connectivity index (χ1v) is 6.72. The first-order valence-electron chi connectivity index (χ1n) is 3.73. The molecular formula is C6H6O7P2. The van der Waals surface area contributed by atoms with E-state index in [-0.39, 0.29) is 11.5 Å². The molecule has 82 valence electrons. The zero-order valence-corrected chi connectivity index (χ0v) is 8.93. The van der Waals surface area contributed by atoms with Gasteiger partial charge in [0, 0.05) is 0 Å². The van der Waals surface area contributed by atoms with Crippen molar-refractivity contribution in [2.45, 2.75) is 0 Å². The minimum atomic E-state index is -4.94. The number of fused-ring (bicyclic) bond motifs is 4. The van der Waals surface area contributed by atoms with Crippen LogP contribution < -0.4 is 9.05 Å². The number of hydrogen-bond donors (Lipinski definition) is 2. The molecule has 0 amide bonds. The summed E-state index contributed by atoms with van der Waals surface area (Å²) < 4.78 is 35.6. The molecule has 3 rings (SSSR count). The lowest BCUT2D eigenvalue weighted by Gasteiger charge is -2.15. The highest BCUT2D eigenvalue weighted by atomic mass is 31.3. The van der Waals surface area contributed by atoms with E-state index in [1.807, 2.05) is 0 Å². The third kappa shape index (κ3) is 2.59. The number of benzene rings is 1. The third-order valence-corrected chi connectivity index (χ3v) is 3.98. The Kier molecular flexibility index (Phi) is 2.37. The second-order valence-corrected chi connectivity index (χ2v) is 5.57. The topological polar surface area (TPSA) is 102 Å². The van der Waals surface area contributed by atoms with Gasteiger partial charge in [-0.15, -0.1) is 0 Å². The predicted molar refractivity (Wildman–Crippen MR) is 48.4 cm³/mol.